The molecule has 0 heterocycles. The molecule has 0 aromatic carbocycles. The van der Waals surface area contributed by atoms with Gasteiger partial charge in [-0.15, -0.1) is 0 Å². The number of allylic oxidation sites excluding steroid dienone is 2. The van der Waals surface area contributed by atoms with Crippen molar-refractivity contribution in [1.29, 1.82) is 0 Å². The van der Waals surface area contributed by atoms with Crippen molar-refractivity contribution in [1.82, 2.24) is 0 Å². The van der Waals surface area contributed by atoms with E-state index in [0.29, 0.717) is 13.1 Å². The van der Waals surface area contributed by atoms with E-state index in [9.17, 15) is 0 Å². The van der Waals surface area contributed by atoms with Crippen molar-refractivity contribution >= 4 is 0 Å². The van der Waals surface area contributed by atoms with Crippen LogP contribution in [-0.4, -0.2) is 13.1 Å². The van der Waals surface area contributed by atoms with Crippen molar-refractivity contribution < 1.29 is 0 Å². The molecule has 0 amide bonds. The van der Waals surface area contributed by atoms with Crippen molar-refractivity contribution in [3.05, 3.63) is 23.3 Å². The van der Waals surface area contributed by atoms with Gasteiger partial charge in [-0.25, -0.2) is 0 Å². The summed E-state index contributed by atoms with van der Waals surface area (Å²) in [7, 11) is 0. The second kappa shape index (κ2) is 6.71. The average molecular weight is 264 g/mol. The molecule has 0 atom stereocenters. The Morgan fingerprint density at radius 2 is 1.16 bits per heavy atom. The highest BCUT2D eigenvalue weighted by molar-refractivity contribution is 5.26. The molecule has 1 aliphatic carbocycles. The highest BCUT2D eigenvalue weighted by atomic mass is 14.6. The van der Waals surface area contributed by atoms with Crippen LogP contribution in [-0.2, 0) is 0 Å². The molecule has 0 unspecified atom stereocenters. The minimum atomic E-state index is 0.110. The van der Waals surface area contributed by atoms with Crippen LogP contribution in [0.25, 0.3) is 0 Å². The highest BCUT2D eigenvalue weighted by Gasteiger charge is 2.24. The number of hydrogen-bond donors (Lipinski definition) is 2. The quantitative estimate of drug-likeness (QED) is 0.812. The van der Waals surface area contributed by atoms with Crippen molar-refractivity contribution in [2.45, 2.75) is 59.8 Å². The molecule has 4 N–H and O–H groups in total. The molecule has 110 valence electrons. The lowest BCUT2D eigenvalue weighted by Gasteiger charge is -2.27. The zero-order chi connectivity index (χ0) is 14.5. The zero-order valence-electron chi connectivity index (χ0n) is 13.3. The molecule has 1 aliphatic rings. The van der Waals surface area contributed by atoms with Gasteiger partial charge < -0.3 is 11.5 Å². The molecule has 0 aromatic rings. The number of hydrogen-bond acceptors (Lipinski definition) is 2. The number of rotatable bonds is 4. The minimum absolute atomic E-state index is 0.110. The zero-order valence-corrected chi connectivity index (χ0v) is 13.3. The molecule has 2 nitrogen and oxygen atoms in total. The average Bonchev–Trinajstić information content (AvgIpc) is 2.50. The van der Waals surface area contributed by atoms with Crippen LogP contribution in [0.3, 0.4) is 0 Å². The standard InChI is InChI=1S/C17H32N2/c1-16(2,12-18)14-8-6-5-7-9-15(11-10-14)17(3,4)13-19/h10-11H,5-9,12-13,18-19H2,1-4H3. The molecule has 0 fully saturated rings. The molecule has 2 heteroatoms. The van der Waals surface area contributed by atoms with Crippen molar-refractivity contribution in [3.63, 3.8) is 0 Å². The van der Waals surface area contributed by atoms with Gasteiger partial charge in [0.05, 0.1) is 0 Å². The summed E-state index contributed by atoms with van der Waals surface area (Å²) in [5.41, 5.74) is 15.1. The van der Waals surface area contributed by atoms with E-state index in [2.05, 4.69) is 39.8 Å². The molecular formula is C17H32N2. The topological polar surface area (TPSA) is 52.0 Å². The summed E-state index contributed by atoms with van der Waals surface area (Å²) >= 11 is 0. The third kappa shape index (κ3) is 4.47. The predicted octanol–water partition coefficient (Wildman–Crippen LogP) is 3.77. The molecule has 0 bridgehead atoms. The lowest BCUT2D eigenvalue weighted by molar-refractivity contribution is 0.432. The van der Waals surface area contributed by atoms with E-state index in [4.69, 9.17) is 11.5 Å². The summed E-state index contributed by atoms with van der Waals surface area (Å²) in [6.45, 7) is 10.4. The van der Waals surface area contributed by atoms with Gasteiger partial charge >= 0.3 is 0 Å². The van der Waals surface area contributed by atoms with Gasteiger partial charge in [-0.3, -0.25) is 0 Å². The second-order valence-electron chi connectivity index (χ2n) is 7.12. The summed E-state index contributed by atoms with van der Waals surface area (Å²) in [5.74, 6) is 0. The summed E-state index contributed by atoms with van der Waals surface area (Å²) in [6.07, 6.45) is 10.9. The first-order valence-electron chi connectivity index (χ1n) is 7.64. The van der Waals surface area contributed by atoms with Gasteiger partial charge in [0.15, 0.2) is 0 Å². The van der Waals surface area contributed by atoms with Gasteiger partial charge in [0.25, 0.3) is 0 Å². The minimum Gasteiger partial charge on any atom is -0.330 e. The molecule has 19 heavy (non-hydrogen) atoms. The Morgan fingerprint density at radius 1 is 0.789 bits per heavy atom. The molecule has 0 spiro atoms. The maximum Gasteiger partial charge on any atom is 0.00117 e. The Morgan fingerprint density at radius 3 is 1.47 bits per heavy atom. The van der Waals surface area contributed by atoms with E-state index >= 15 is 0 Å². The maximum atomic E-state index is 5.93. The van der Waals surface area contributed by atoms with Crippen LogP contribution in [0.1, 0.15) is 59.8 Å². The molecule has 0 aromatic heterocycles. The van der Waals surface area contributed by atoms with E-state index in [1.165, 1.54) is 43.3 Å². The van der Waals surface area contributed by atoms with Gasteiger partial charge in [-0.2, -0.15) is 0 Å². The summed E-state index contributed by atoms with van der Waals surface area (Å²) in [5, 5.41) is 0. The van der Waals surface area contributed by atoms with Gasteiger partial charge in [0, 0.05) is 13.1 Å². The van der Waals surface area contributed by atoms with Crippen molar-refractivity contribution in [2.24, 2.45) is 22.3 Å². The van der Waals surface area contributed by atoms with E-state index < -0.39 is 0 Å². The summed E-state index contributed by atoms with van der Waals surface area (Å²) < 4.78 is 0. The number of nitrogens with two attached hydrogens (primary N) is 2. The monoisotopic (exact) mass is 264 g/mol. The van der Waals surface area contributed by atoms with E-state index in [0.717, 1.165) is 0 Å². The molecule has 1 rings (SSSR count). The molecule has 0 saturated heterocycles. The summed E-state index contributed by atoms with van der Waals surface area (Å²) in [4.78, 5) is 0. The lowest BCUT2D eigenvalue weighted by atomic mass is 9.80. The Balaban J connectivity index is 3.06. The largest absolute Gasteiger partial charge is 0.330 e. The Bertz CT molecular complexity index is 314. The normalized spacial score (nSPS) is 19.1. The fourth-order valence-corrected chi connectivity index (χ4v) is 2.57. The van der Waals surface area contributed by atoms with Crippen LogP contribution in [0.2, 0.25) is 0 Å². The van der Waals surface area contributed by atoms with E-state index in [-0.39, 0.29) is 10.8 Å². The first kappa shape index (κ1) is 16.5. The maximum absolute atomic E-state index is 5.93. The third-order valence-corrected chi connectivity index (χ3v) is 4.64. The van der Waals surface area contributed by atoms with Crippen molar-refractivity contribution in [3.8, 4) is 0 Å². The fraction of sp³-hybridized carbons (Fsp3) is 0.765. The SMILES string of the molecule is CC(C)(CN)C1=CC=C(C(C)(C)CN)CCCCC1. The van der Waals surface area contributed by atoms with Crippen LogP contribution in [0.15, 0.2) is 23.3 Å². The Kier molecular flexibility index (Phi) is 5.82. The van der Waals surface area contributed by atoms with Crippen LogP contribution in [0.5, 0.6) is 0 Å². The predicted molar refractivity (Wildman–Crippen MR) is 84.9 cm³/mol. The first-order valence-corrected chi connectivity index (χ1v) is 7.64. The first-order chi connectivity index (χ1) is 8.83. The van der Waals surface area contributed by atoms with Gasteiger partial charge in [0.1, 0.15) is 0 Å². The van der Waals surface area contributed by atoms with Crippen LogP contribution >= 0.6 is 0 Å². The van der Waals surface area contributed by atoms with E-state index in [1.807, 2.05) is 0 Å². The van der Waals surface area contributed by atoms with Gasteiger partial charge in [-0.05, 0) is 36.5 Å². The molecule has 0 aliphatic heterocycles. The lowest BCUT2D eigenvalue weighted by Crippen LogP contribution is -2.26. The fourth-order valence-electron chi connectivity index (χ4n) is 2.57. The Hall–Kier alpha value is -0.600. The molecular weight excluding hydrogens is 232 g/mol. The van der Waals surface area contributed by atoms with Gasteiger partial charge in [0.2, 0.25) is 0 Å². The van der Waals surface area contributed by atoms with Crippen LogP contribution in [0.4, 0.5) is 0 Å². The van der Waals surface area contributed by atoms with Crippen LogP contribution < -0.4 is 11.5 Å². The smallest absolute Gasteiger partial charge is 0.00117 e. The van der Waals surface area contributed by atoms with Crippen LogP contribution in [0, 0.1) is 10.8 Å². The second-order valence-corrected chi connectivity index (χ2v) is 7.12. The third-order valence-electron chi connectivity index (χ3n) is 4.64. The Labute approximate surface area is 119 Å². The van der Waals surface area contributed by atoms with Gasteiger partial charge in [-0.1, -0.05) is 57.4 Å². The summed E-state index contributed by atoms with van der Waals surface area (Å²) in [6, 6.07) is 0. The molecule has 0 saturated carbocycles. The van der Waals surface area contributed by atoms with Crippen molar-refractivity contribution in [2.75, 3.05) is 13.1 Å². The van der Waals surface area contributed by atoms with E-state index in [1.54, 1.807) is 0 Å². The molecule has 0 radical (unpaired) electrons. The highest BCUT2D eigenvalue weighted by Crippen LogP contribution is 2.34.